The van der Waals surface area contributed by atoms with E-state index in [0.717, 1.165) is 50.4 Å². The molecule has 0 bridgehead atoms. The van der Waals surface area contributed by atoms with Crippen molar-refractivity contribution in [3.05, 3.63) is 0 Å². The molecule has 2 N–H and O–H groups in total. The van der Waals surface area contributed by atoms with Crippen molar-refractivity contribution in [1.29, 1.82) is 0 Å². The molecular weight excluding hydrogens is 555 g/mol. The summed E-state index contributed by atoms with van der Waals surface area (Å²) in [6, 6.07) is 0. The van der Waals surface area contributed by atoms with Gasteiger partial charge in [-0.25, -0.2) is 4.57 Å². The zero-order valence-electron chi connectivity index (χ0n) is 27.5. The maximum atomic E-state index is 12.3. The fraction of sp³-hybridized carbons (Fsp3) is 0.939. The second-order valence-corrected chi connectivity index (χ2v) is 14.0. The summed E-state index contributed by atoms with van der Waals surface area (Å²) in [5, 5.41) is 0. The molecule has 0 aliphatic heterocycles. The summed E-state index contributed by atoms with van der Waals surface area (Å²) in [5.74, 6) is 0.672. The van der Waals surface area contributed by atoms with Gasteiger partial charge in [-0.1, -0.05) is 143 Å². The van der Waals surface area contributed by atoms with Crippen LogP contribution in [0.5, 0.6) is 0 Å². The molecule has 42 heavy (non-hydrogen) atoms. The number of phosphoric ester groups is 1. The molecule has 0 aromatic rings. The summed E-state index contributed by atoms with van der Waals surface area (Å²) in [5.41, 5.74) is 0. The van der Waals surface area contributed by atoms with E-state index in [1.165, 1.54) is 83.5 Å². The molecule has 0 unspecified atom stereocenters. The first-order chi connectivity index (χ1) is 20.0. The number of hydrogen-bond donors (Lipinski definition) is 2. The molecule has 0 aliphatic rings. The van der Waals surface area contributed by atoms with Gasteiger partial charge in [0.25, 0.3) is 0 Å². The predicted octanol–water partition coefficient (Wildman–Crippen LogP) is 9.44. The van der Waals surface area contributed by atoms with E-state index >= 15 is 0 Å². The zero-order valence-corrected chi connectivity index (χ0v) is 28.4. The number of esters is 2. The van der Waals surface area contributed by atoms with Gasteiger partial charge in [-0.3, -0.25) is 14.1 Å². The Balaban J connectivity index is 3.97. The van der Waals surface area contributed by atoms with Gasteiger partial charge in [-0.15, -0.1) is 0 Å². The van der Waals surface area contributed by atoms with Gasteiger partial charge in [0.15, 0.2) is 6.10 Å². The van der Waals surface area contributed by atoms with E-state index in [4.69, 9.17) is 19.3 Å². The van der Waals surface area contributed by atoms with Gasteiger partial charge in [0.05, 0.1) is 6.61 Å². The third-order valence-electron chi connectivity index (χ3n) is 7.48. The van der Waals surface area contributed by atoms with Crippen molar-refractivity contribution >= 4 is 19.8 Å². The van der Waals surface area contributed by atoms with E-state index in [1.54, 1.807) is 0 Å². The van der Waals surface area contributed by atoms with E-state index in [0.29, 0.717) is 6.42 Å². The van der Waals surface area contributed by atoms with Crippen LogP contribution < -0.4 is 0 Å². The molecule has 0 saturated heterocycles. The summed E-state index contributed by atoms with van der Waals surface area (Å²) >= 11 is 0. The molecule has 9 heteroatoms. The van der Waals surface area contributed by atoms with E-state index in [-0.39, 0.29) is 19.4 Å². The van der Waals surface area contributed by atoms with Crippen molar-refractivity contribution in [1.82, 2.24) is 0 Å². The third-order valence-corrected chi connectivity index (χ3v) is 7.97. The summed E-state index contributed by atoms with van der Waals surface area (Å²) < 4.78 is 26.2. The molecule has 0 aromatic carbocycles. The fourth-order valence-corrected chi connectivity index (χ4v) is 5.28. The Labute approximate surface area is 257 Å². The van der Waals surface area contributed by atoms with Gasteiger partial charge in [-0.05, 0) is 24.7 Å². The predicted molar refractivity (Wildman–Crippen MR) is 170 cm³/mol. The fourth-order valence-electron chi connectivity index (χ4n) is 4.92. The number of rotatable bonds is 30. The quantitative estimate of drug-likeness (QED) is 0.0463. The van der Waals surface area contributed by atoms with E-state index in [1.807, 2.05) is 0 Å². The minimum absolute atomic E-state index is 0.217. The summed E-state index contributed by atoms with van der Waals surface area (Å²) in [6.07, 6.45) is 22.8. The molecule has 0 aliphatic carbocycles. The van der Waals surface area contributed by atoms with Crippen molar-refractivity contribution in [2.24, 2.45) is 11.8 Å². The maximum Gasteiger partial charge on any atom is 0.469 e. The summed E-state index contributed by atoms with van der Waals surface area (Å²) in [7, 11) is -4.74. The second kappa shape index (κ2) is 27.6. The van der Waals surface area contributed by atoms with E-state index in [2.05, 4.69) is 32.2 Å². The smallest absolute Gasteiger partial charge is 0.462 e. The Kier molecular flexibility index (Phi) is 27.0. The van der Waals surface area contributed by atoms with Crippen LogP contribution in [-0.4, -0.2) is 41.0 Å². The normalized spacial score (nSPS) is 12.7. The number of carbonyl (C=O) groups is 2. The van der Waals surface area contributed by atoms with Gasteiger partial charge < -0.3 is 19.3 Å². The van der Waals surface area contributed by atoms with Crippen LogP contribution >= 0.6 is 7.82 Å². The first-order valence-corrected chi connectivity index (χ1v) is 18.6. The molecule has 0 amide bonds. The van der Waals surface area contributed by atoms with Crippen LogP contribution in [-0.2, 0) is 28.2 Å². The van der Waals surface area contributed by atoms with Crippen LogP contribution in [0.25, 0.3) is 0 Å². The first-order valence-electron chi connectivity index (χ1n) is 17.0. The van der Waals surface area contributed by atoms with E-state index in [9.17, 15) is 14.2 Å². The molecule has 0 saturated carbocycles. The molecule has 0 radical (unpaired) electrons. The van der Waals surface area contributed by atoms with Crippen molar-refractivity contribution in [3.63, 3.8) is 0 Å². The van der Waals surface area contributed by atoms with Crippen molar-refractivity contribution in [2.45, 2.75) is 175 Å². The van der Waals surface area contributed by atoms with Crippen molar-refractivity contribution in [2.75, 3.05) is 13.2 Å². The van der Waals surface area contributed by atoms with Crippen LogP contribution in [0.4, 0.5) is 0 Å². The highest BCUT2D eigenvalue weighted by molar-refractivity contribution is 7.46. The van der Waals surface area contributed by atoms with Crippen LogP contribution in [0.2, 0.25) is 0 Å². The van der Waals surface area contributed by atoms with Crippen LogP contribution in [0.15, 0.2) is 0 Å². The Bertz CT molecular complexity index is 692. The number of phosphoric acid groups is 1. The molecule has 0 spiro atoms. The first kappa shape index (κ1) is 41.0. The highest BCUT2D eigenvalue weighted by Crippen LogP contribution is 2.36. The second-order valence-electron chi connectivity index (χ2n) is 12.8. The lowest BCUT2D eigenvalue weighted by Gasteiger charge is -2.18. The lowest BCUT2D eigenvalue weighted by atomic mass is 10.0. The molecule has 0 fully saturated rings. The number of hydrogen-bond acceptors (Lipinski definition) is 6. The Hall–Kier alpha value is -0.950. The lowest BCUT2D eigenvalue weighted by molar-refractivity contribution is -0.161. The maximum absolute atomic E-state index is 12.3. The number of unbranched alkanes of at least 4 members (excludes halogenated alkanes) is 16. The van der Waals surface area contributed by atoms with Gasteiger partial charge >= 0.3 is 19.8 Å². The molecule has 1 atom stereocenters. The Morgan fingerprint density at radius 1 is 0.548 bits per heavy atom. The zero-order chi connectivity index (χ0) is 31.5. The molecule has 250 valence electrons. The molecule has 0 rings (SSSR count). The van der Waals surface area contributed by atoms with Crippen LogP contribution in [0.3, 0.4) is 0 Å². The van der Waals surface area contributed by atoms with Gasteiger partial charge in [0.1, 0.15) is 6.61 Å². The third kappa shape index (κ3) is 32.0. The average molecular weight is 621 g/mol. The SMILES string of the molecule is CC(C)CCCCCCCCCCCCCCC(=O)O[C@H](COC(=O)CCCCCCCCC(C)C)COP(=O)(O)O. The van der Waals surface area contributed by atoms with Gasteiger partial charge in [-0.2, -0.15) is 0 Å². The van der Waals surface area contributed by atoms with Crippen LogP contribution in [0, 0.1) is 11.8 Å². The largest absolute Gasteiger partial charge is 0.469 e. The standard InChI is InChI=1S/C33H65O8P/c1-29(2)23-19-15-11-9-7-5-6-8-10-12-18-22-26-33(35)41-31(28-40-42(36,37)38)27-39-32(34)25-21-17-14-13-16-20-24-30(3)4/h29-31H,5-28H2,1-4H3,(H2,36,37,38)/t31-/m1/s1. The topological polar surface area (TPSA) is 119 Å². The summed E-state index contributed by atoms with van der Waals surface area (Å²) in [4.78, 5) is 42.5. The highest BCUT2D eigenvalue weighted by atomic mass is 31.2. The van der Waals surface area contributed by atoms with Gasteiger partial charge in [0, 0.05) is 12.8 Å². The molecule has 0 heterocycles. The number of ether oxygens (including phenoxy) is 2. The molecule has 8 nitrogen and oxygen atoms in total. The minimum Gasteiger partial charge on any atom is -0.462 e. The average Bonchev–Trinajstić information content (AvgIpc) is 2.91. The Morgan fingerprint density at radius 3 is 1.29 bits per heavy atom. The van der Waals surface area contributed by atoms with E-state index < -0.39 is 32.5 Å². The monoisotopic (exact) mass is 620 g/mol. The lowest BCUT2D eigenvalue weighted by Crippen LogP contribution is -2.29. The van der Waals surface area contributed by atoms with Crippen molar-refractivity contribution in [3.8, 4) is 0 Å². The van der Waals surface area contributed by atoms with Gasteiger partial charge in [0.2, 0.25) is 0 Å². The molecular formula is C33H65O8P. The van der Waals surface area contributed by atoms with Crippen molar-refractivity contribution < 1.29 is 37.9 Å². The Morgan fingerprint density at radius 2 is 0.905 bits per heavy atom. The summed E-state index contributed by atoms with van der Waals surface area (Å²) in [6.45, 7) is 8.23. The number of carbonyl (C=O) groups excluding carboxylic acids is 2. The molecule has 0 aromatic heterocycles. The highest BCUT2D eigenvalue weighted by Gasteiger charge is 2.22. The minimum atomic E-state index is -4.74. The van der Waals surface area contributed by atoms with Crippen LogP contribution in [0.1, 0.15) is 169 Å².